The Bertz CT molecular complexity index is 540. The van der Waals surface area contributed by atoms with Crippen LogP contribution in [0.1, 0.15) is 28.2 Å². The van der Waals surface area contributed by atoms with Crippen LogP contribution in [0.3, 0.4) is 0 Å². The molecular formula is C12H16N4. The van der Waals surface area contributed by atoms with Crippen LogP contribution in [-0.2, 0) is 0 Å². The lowest BCUT2D eigenvalue weighted by molar-refractivity contribution is 1.03. The molecule has 0 bridgehead atoms. The minimum absolute atomic E-state index is 0.743. The molecule has 16 heavy (non-hydrogen) atoms. The van der Waals surface area contributed by atoms with Crippen molar-refractivity contribution in [3.63, 3.8) is 0 Å². The molecule has 0 radical (unpaired) electrons. The highest BCUT2D eigenvalue weighted by atomic mass is 15.2. The van der Waals surface area contributed by atoms with Crippen LogP contribution in [0.2, 0.25) is 0 Å². The predicted molar refractivity (Wildman–Crippen MR) is 63.3 cm³/mol. The van der Waals surface area contributed by atoms with E-state index in [0.29, 0.717) is 0 Å². The first kappa shape index (κ1) is 10.8. The van der Waals surface area contributed by atoms with Gasteiger partial charge < -0.3 is 0 Å². The Morgan fingerprint density at radius 2 is 1.50 bits per heavy atom. The number of hydrogen-bond donors (Lipinski definition) is 1. The molecule has 0 saturated heterocycles. The summed E-state index contributed by atoms with van der Waals surface area (Å²) in [5, 5.41) is 6.95. The Balaban J connectivity index is 2.66. The van der Waals surface area contributed by atoms with Crippen molar-refractivity contribution in [3.8, 4) is 11.5 Å². The van der Waals surface area contributed by atoms with Crippen molar-refractivity contribution in [2.24, 2.45) is 0 Å². The second-order valence-corrected chi connectivity index (χ2v) is 4.15. The molecule has 2 aromatic rings. The van der Waals surface area contributed by atoms with Gasteiger partial charge in [-0.25, -0.2) is 9.97 Å². The summed E-state index contributed by atoms with van der Waals surface area (Å²) in [6, 6.07) is 0. The number of rotatable bonds is 1. The van der Waals surface area contributed by atoms with Gasteiger partial charge in [0.1, 0.15) is 11.5 Å². The molecule has 4 heteroatoms. The average molecular weight is 216 g/mol. The highest BCUT2D eigenvalue weighted by Crippen LogP contribution is 2.24. The van der Waals surface area contributed by atoms with Gasteiger partial charge in [0, 0.05) is 5.69 Å². The molecule has 0 aromatic carbocycles. The van der Waals surface area contributed by atoms with E-state index >= 15 is 0 Å². The standard InChI is InChI=1S/C12H16N4/c1-6-7(2)9(4)13-11(8(6)3)12-14-10(5)15-16-12/h1-5H3,(H,14,15,16). The average Bonchev–Trinajstić information content (AvgIpc) is 2.67. The summed E-state index contributed by atoms with van der Waals surface area (Å²) in [4.78, 5) is 8.91. The SMILES string of the molecule is Cc1n[nH]c(-c2nc(C)c(C)c(C)c2C)n1. The van der Waals surface area contributed by atoms with Gasteiger partial charge in [0.2, 0.25) is 0 Å². The van der Waals surface area contributed by atoms with E-state index in [0.717, 1.165) is 23.0 Å². The summed E-state index contributed by atoms with van der Waals surface area (Å²) in [6.45, 7) is 10.2. The van der Waals surface area contributed by atoms with E-state index in [9.17, 15) is 0 Å². The summed E-state index contributed by atoms with van der Waals surface area (Å²) in [5.41, 5.74) is 5.64. The minimum atomic E-state index is 0.743. The van der Waals surface area contributed by atoms with Crippen molar-refractivity contribution < 1.29 is 0 Å². The van der Waals surface area contributed by atoms with Gasteiger partial charge >= 0.3 is 0 Å². The third-order valence-electron chi connectivity index (χ3n) is 3.12. The number of aromatic amines is 1. The maximum atomic E-state index is 4.58. The minimum Gasteiger partial charge on any atom is -0.258 e. The lowest BCUT2D eigenvalue weighted by Gasteiger charge is -2.11. The van der Waals surface area contributed by atoms with Crippen LogP contribution < -0.4 is 0 Å². The van der Waals surface area contributed by atoms with E-state index < -0.39 is 0 Å². The zero-order valence-corrected chi connectivity index (χ0v) is 10.3. The summed E-state index contributed by atoms with van der Waals surface area (Å²) >= 11 is 0. The first-order valence-corrected chi connectivity index (χ1v) is 5.34. The Labute approximate surface area is 95.1 Å². The van der Waals surface area contributed by atoms with Crippen LogP contribution in [0.4, 0.5) is 0 Å². The van der Waals surface area contributed by atoms with Gasteiger partial charge in [0.15, 0.2) is 5.82 Å². The fourth-order valence-corrected chi connectivity index (χ4v) is 1.75. The van der Waals surface area contributed by atoms with Gasteiger partial charge in [-0.05, 0) is 51.3 Å². The lowest BCUT2D eigenvalue weighted by Crippen LogP contribution is -2.00. The molecule has 2 heterocycles. The number of pyridine rings is 1. The molecule has 0 fully saturated rings. The van der Waals surface area contributed by atoms with Crippen LogP contribution >= 0.6 is 0 Å². The molecule has 2 rings (SSSR count). The topological polar surface area (TPSA) is 54.5 Å². The zero-order valence-electron chi connectivity index (χ0n) is 10.3. The third-order valence-corrected chi connectivity index (χ3v) is 3.12. The second-order valence-electron chi connectivity index (χ2n) is 4.15. The van der Waals surface area contributed by atoms with E-state index in [1.54, 1.807) is 0 Å². The molecule has 0 aliphatic carbocycles. The number of aromatic nitrogens is 4. The number of nitrogens with one attached hydrogen (secondary N) is 1. The normalized spacial score (nSPS) is 10.8. The number of H-pyrrole nitrogens is 1. The Morgan fingerprint density at radius 1 is 0.812 bits per heavy atom. The fraction of sp³-hybridized carbons (Fsp3) is 0.417. The van der Waals surface area contributed by atoms with Crippen LogP contribution in [0, 0.1) is 34.6 Å². The van der Waals surface area contributed by atoms with Crippen LogP contribution in [0.5, 0.6) is 0 Å². The Hall–Kier alpha value is -1.71. The fourth-order valence-electron chi connectivity index (χ4n) is 1.75. The molecule has 0 spiro atoms. The summed E-state index contributed by atoms with van der Waals surface area (Å²) in [6.07, 6.45) is 0. The van der Waals surface area contributed by atoms with Gasteiger partial charge in [-0.2, -0.15) is 5.10 Å². The first-order chi connectivity index (χ1) is 7.50. The molecule has 0 amide bonds. The summed E-state index contributed by atoms with van der Waals surface area (Å²) in [5.74, 6) is 1.49. The van der Waals surface area contributed by atoms with Crippen LogP contribution in [0.15, 0.2) is 0 Å². The monoisotopic (exact) mass is 216 g/mol. The van der Waals surface area contributed by atoms with Crippen molar-refractivity contribution in [2.45, 2.75) is 34.6 Å². The quantitative estimate of drug-likeness (QED) is 0.796. The second kappa shape index (κ2) is 3.70. The van der Waals surface area contributed by atoms with Crippen LogP contribution in [0.25, 0.3) is 11.5 Å². The maximum Gasteiger partial charge on any atom is 0.174 e. The molecule has 0 unspecified atom stereocenters. The smallest absolute Gasteiger partial charge is 0.174 e. The Morgan fingerprint density at radius 3 is 2.06 bits per heavy atom. The van der Waals surface area contributed by atoms with Gasteiger partial charge in [-0.15, -0.1) is 0 Å². The van der Waals surface area contributed by atoms with Crippen molar-refractivity contribution in [3.05, 3.63) is 28.2 Å². The van der Waals surface area contributed by atoms with E-state index in [1.165, 1.54) is 16.7 Å². The number of nitrogens with zero attached hydrogens (tertiary/aromatic N) is 3. The molecule has 0 atom stereocenters. The molecule has 0 saturated carbocycles. The number of aryl methyl sites for hydroxylation is 2. The summed E-state index contributed by atoms with van der Waals surface area (Å²) < 4.78 is 0. The number of hydrogen-bond acceptors (Lipinski definition) is 3. The zero-order chi connectivity index (χ0) is 11.9. The molecule has 4 nitrogen and oxygen atoms in total. The third kappa shape index (κ3) is 1.60. The molecular weight excluding hydrogens is 200 g/mol. The highest BCUT2D eigenvalue weighted by Gasteiger charge is 2.13. The summed E-state index contributed by atoms with van der Waals surface area (Å²) in [7, 11) is 0. The van der Waals surface area contributed by atoms with Gasteiger partial charge in [-0.3, -0.25) is 5.10 Å². The molecule has 2 aromatic heterocycles. The van der Waals surface area contributed by atoms with E-state index in [2.05, 4.69) is 40.9 Å². The highest BCUT2D eigenvalue weighted by molar-refractivity contribution is 5.58. The molecule has 84 valence electrons. The van der Waals surface area contributed by atoms with Crippen molar-refractivity contribution in [1.29, 1.82) is 0 Å². The molecule has 1 N–H and O–H groups in total. The first-order valence-electron chi connectivity index (χ1n) is 5.34. The van der Waals surface area contributed by atoms with E-state index in [-0.39, 0.29) is 0 Å². The van der Waals surface area contributed by atoms with E-state index in [4.69, 9.17) is 0 Å². The molecule has 0 aliphatic heterocycles. The van der Waals surface area contributed by atoms with Gasteiger partial charge in [-0.1, -0.05) is 0 Å². The van der Waals surface area contributed by atoms with Crippen molar-refractivity contribution in [1.82, 2.24) is 20.2 Å². The maximum absolute atomic E-state index is 4.58. The van der Waals surface area contributed by atoms with Gasteiger partial charge in [0.05, 0.1) is 0 Å². The largest absolute Gasteiger partial charge is 0.258 e. The Kier molecular flexibility index (Phi) is 2.50. The van der Waals surface area contributed by atoms with Crippen molar-refractivity contribution in [2.75, 3.05) is 0 Å². The molecule has 0 aliphatic rings. The predicted octanol–water partition coefficient (Wildman–Crippen LogP) is 2.41. The van der Waals surface area contributed by atoms with Gasteiger partial charge in [0.25, 0.3) is 0 Å². The van der Waals surface area contributed by atoms with E-state index in [1.807, 2.05) is 13.8 Å². The van der Waals surface area contributed by atoms with Crippen molar-refractivity contribution >= 4 is 0 Å². The lowest BCUT2D eigenvalue weighted by atomic mass is 10.0. The van der Waals surface area contributed by atoms with Crippen LogP contribution in [-0.4, -0.2) is 20.2 Å².